The molecule has 0 unspecified atom stereocenters. The minimum atomic E-state index is -0.333. The van der Waals surface area contributed by atoms with Gasteiger partial charge in [-0.2, -0.15) is 0 Å². The Morgan fingerprint density at radius 1 is 1.00 bits per heavy atom. The van der Waals surface area contributed by atoms with Gasteiger partial charge in [0.1, 0.15) is 0 Å². The number of amides is 1. The Balaban J connectivity index is 2.06. The number of nitrogens with zero attached hydrogens (tertiary/aromatic N) is 1. The lowest BCUT2D eigenvalue weighted by molar-refractivity contribution is -0.138. The fourth-order valence-electron chi connectivity index (χ4n) is 4.45. The minimum absolute atomic E-state index is 0.173. The van der Waals surface area contributed by atoms with Gasteiger partial charge in [0.15, 0.2) is 0 Å². The van der Waals surface area contributed by atoms with Crippen LogP contribution in [-0.2, 0) is 23.2 Å². The Morgan fingerprint density at radius 2 is 1.48 bits per heavy atom. The molecule has 2 aliphatic heterocycles. The molecule has 0 N–H and O–H groups in total. The molecule has 2 aromatic rings. The molecule has 2 heteroatoms. The van der Waals surface area contributed by atoms with E-state index in [1.807, 2.05) is 0 Å². The van der Waals surface area contributed by atoms with Gasteiger partial charge in [-0.05, 0) is 42.0 Å². The van der Waals surface area contributed by atoms with Crippen molar-refractivity contribution in [3.05, 3.63) is 70.8 Å². The van der Waals surface area contributed by atoms with Crippen molar-refractivity contribution in [3.63, 3.8) is 0 Å². The van der Waals surface area contributed by atoms with Crippen LogP contribution in [0.15, 0.2) is 48.5 Å². The standard InChI is InChI=1S/C19H19NO/c1-13(21)20-16-11-14-7-3-5-9-17(14)19(20,2)18-10-6-4-8-15(18)12-16/h3-10,16H,11-12H2,1-2H3. The summed E-state index contributed by atoms with van der Waals surface area (Å²) in [6.45, 7) is 3.91. The van der Waals surface area contributed by atoms with Gasteiger partial charge in [-0.15, -0.1) is 0 Å². The zero-order valence-electron chi connectivity index (χ0n) is 12.5. The van der Waals surface area contributed by atoms with Crippen LogP contribution in [0.1, 0.15) is 36.1 Å². The van der Waals surface area contributed by atoms with Crippen LogP contribution in [0.5, 0.6) is 0 Å². The van der Waals surface area contributed by atoms with Crippen LogP contribution in [-0.4, -0.2) is 16.8 Å². The van der Waals surface area contributed by atoms with Crippen LogP contribution < -0.4 is 0 Å². The van der Waals surface area contributed by atoms with E-state index >= 15 is 0 Å². The Labute approximate surface area is 125 Å². The fourth-order valence-corrected chi connectivity index (χ4v) is 4.45. The van der Waals surface area contributed by atoms with Crippen molar-refractivity contribution < 1.29 is 4.79 Å². The maximum atomic E-state index is 12.4. The highest BCUT2D eigenvalue weighted by Gasteiger charge is 2.49. The Morgan fingerprint density at radius 3 is 1.95 bits per heavy atom. The van der Waals surface area contributed by atoms with Crippen molar-refractivity contribution in [1.82, 2.24) is 4.90 Å². The van der Waals surface area contributed by atoms with Gasteiger partial charge >= 0.3 is 0 Å². The summed E-state index contributed by atoms with van der Waals surface area (Å²) in [6, 6.07) is 17.4. The summed E-state index contributed by atoms with van der Waals surface area (Å²) in [4.78, 5) is 14.5. The number of carbonyl (C=O) groups excluding carboxylic acids is 1. The van der Waals surface area contributed by atoms with Gasteiger partial charge in [-0.1, -0.05) is 48.5 Å². The molecular weight excluding hydrogens is 258 g/mol. The molecule has 2 heterocycles. The smallest absolute Gasteiger partial charge is 0.220 e. The molecule has 4 rings (SSSR count). The molecular formula is C19H19NO. The molecule has 2 nitrogen and oxygen atoms in total. The van der Waals surface area contributed by atoms with Gasteiger partial charge in [0, 0.05) is 13.0 Å². The summed E-state index contributed by atoms with van der Waals surface area (Å²) >= 11 is 0. The zero-order valence-corrected chi connectivity index (χ0v) is 12.5. The topological polar surface area (TPSA) is 20.3 Å². The van der Waals surface area contributed by atoms with E-state index in [2.05, 4.69) is 60.4 Å². The van der Waals surface area contributed by atoms with Crippen LogP contribution in [0.3, 0.4) is 0 Å². The van der Waals surface area contributed by atoms with Gasteiger partial charge in [0.2, 0.25) is 5.91 Å². The molecule has 0 aromatic heterocycles. The summed E-state index contributed by atoms with van der Waals surface area (Å²) in [7, 11) is 0. The lowest BCUT2D eigenvalue weighted by Crippen LogP contribution is -2.60. The molecule has 1 amide bonds. The third-order valence-corrected chi connectivity index (χ3v) is 5.18. The molecule has 0 radical (unpaired) electrons. The lowest BCUT2D eigenvalue weighted by Gasteiger charge is -2.54. The summed E-state index contributed by atoms with van der Waals surface area (Å²) in [5, 5.41) is 0. The molecule has 106 valence electrons. The third-order valence-electron chi connectivity index (χ3n) is 5.18. The first-order valence-electron chi connectivity index (χ1n) is 7.59. The van der Waals surface area contributed by atoms with E-state index in [1.54, 1.807) is 6.92 Å². The van der Waals surface area contributed by atoms with E-state index in [1.165, 1.54) is 22.3 Å². The quantitative estimate of drug-likeness (QED) is 0.723. The average Bonchev–Trinajstić information content (AvgIpc) is 2.47. The number of hydrogen-bond donors (Lipinski definition) is 0. The number of carbonyl (C=O) groups is 1. The van der Waals surface area contributed by atoms with Crippen LogP contribution >= 0.6 is 0 Å². The summed E-state index contributed by atoms with van der Waals surface area (Å²) in [5.41, 5.74) is 5.00. The molecule has 2 bridgehead atoms. The van der Waals surface area contributed by atoms with E-state index in [9.17, 15) is 4.79 Å². The van der Waals surface area contributed by atoms with Crippen LogP contribution in [0.4, 0.5) is 0 Å². The van der Waals surface area contributed by atoms with E-state index in [0.717, 1.165) is 12.8 Å². The molecule has 2 aliphatic rings. The monoisotopic (exact) mass is 277 g/mol. The molecule has 0 aliphatic carbocycles. The summed E-state index contributed by atoms with van der Waals surface area (Å²) in [6.07, 6.45) is 1.92. The molecule has 0 atom stereocenters. The zero-order chi connectivity index (χ0) is 14.6. The molecule has 0 saturated carbocycles. The van der Waals surface area contributed by atoms with Crippen molar-refractivity contribution in [1.29, 1.82) is 0 Å². The van der Waals surface area contributed by atoms with Crippen molar-refractivity contribution in [2.24, 2.45) is 0 Å². The van der Waals surface area contributed by atoms with Gasteiger partial charge in [-0.25, -0.2) is 0 Å². The molecule has 0 saturated heterocycles. The predicted molar refractivity (Wildman–Crippen MR) is 83.1 cm³/mol. The SMILES string of the molecule is CC(=O)N1C2Cc3ccccc3C1(C)c1ccccc1C2. The minimum Gasteiger partial charge on any atom is -0.326 e. The fraction of sp³-hybridized carbons (Fsp3) is 0.316. The third kappa shape index (κ3) is 1.56. The number of hydrogen-bond acceptors (Lipinski definition) is 1. The molecule has 0 fully saturated rings. The number of rotatable bonds is 0. The summed E-state index contributed by atoms with van der Waals surface area (Å²) in [5.74, 6) is 0.173. The second-order valence-electron chi connectivity index (χ2n) is 6.34. The van der Waals surface area contributed by atoms with E-state index < -0.39 is 0 Å². The van der Waals surface area contributed by atoms with Crippen molar-refractivity contribution in [3.8, 4) is 0 Å². The van der Waals surface area contributed by atoms with Crippen molar-refractivity contribution >= 4 is 5.91 Å². The number of benzene rings is 2. The highest BCUT2D eigenvalue weighted by atomic mass is 16.2. The van der Waals surface area contributed by atoms with Crippen molar-refractivity contribution in [2.45, 2.75) is 38.3 Å². The van der Waals surface area contributed by atoms with Gasteiger partial charge in [-0.3, -0.25) is 4.79 Å². The average molecular weight is 277 g/mol. The van der Waals surface area contributed by atoms with Gasteiger partial charge in [0.25, 0.3) is 0 Å². The largest absolute Gasteiger partial charge is 0.326 e. The van der Waals surface area contributed by atoms with Crippen LogP contribution in [0, 0.1) is 0 Å². The number of fused-ring (bicyclic) bond motifs is 6. The molecule has 2 aromatic carbocycles. The second-order valence-corrected chi connectivity index (χ2v) is 6.34. The Hall–Kier alpha value is -2.09. The maximum absolute atomic E-state index is 12.4. The van der Waals surface area contributed by atoms with Crippen LogP contribution in [0.2, 0.25) is 0 Å². The van der Waals surface area contributed by atoms with Crippen molar-refractivity contribution in [2.75, 3.05) is 0 Å². The van der Waals surface area contributed by atoms with E-state index in [0.29, 0.717) is 0 Å². The summed E-state index contributed by atoms with van der Waals surface area (Å²) < 4.78 is 0. The predicted octanol–water partition coefficient (Wildman–Crippen LogP) is 3.28. The Kier molecular flexibility index (Phi) is 2.53. The first kappa shape index (κ1) is 12.6. The maximum Gasteiger partial charge on any atom is 0.220 e. The van der Waals surface area contributed by atoms with E-state index in [-0.39, 0.29) is 17.5 Å². The first-order valence-corrected chi connectivity index (χ1v) is 7.59. The first-order chi connectivity index (χ1) is 10.1. The molecule has 0 spiro atoms. The molecule has 21 heavy (non-hydrogen) atoms. The van der Waals surface area contributed by atoms with E-state index in [4.69, 9.17) is 0 Å². The normalized spacial score (nSPS) is 26.0. The second kappa shape index (κ2) is 4.20. The highest BCUT2D eigenvalue weighted by molar-refractivity contribution is 5.77. The highest BCUT2D eigenvalue weighted by Crippen LogP contribution is 2.48. The van der Waals surface area contributed by atoms with Gasteiger partial charge in [0.05, 0.1) is 5.54 Å². The Bertz CT molecular complexity index is 684. The lowest BCUT2D eigenvalue weighted by atomic mass is 9.68. The van der Waals surface area contributed by atoms with Crippen LogP contribution in [0.25, 0.3) is 0 Å². The van der Waals surface area contributed by atoms with Gasteiger partial charge < -0.3 is 4.90 Å².